The van der Waals surface area contributed by atoms with E-state index < -0.39 is 11.2 Å². The van der Waals surface area contributed by atoms with Gasteiger partial charge in [-0.1, -0.05) is 30.3 Å². The smallest absolute Gasteiger partial charge is 0.309 e. The third kappa shape index (κ3) is 6.97. The molecule has 0 aliphatic carbocycles. The van der Waals surface area contributed by atoms with Crippen LogP contribution in [0.1, 0.15) is 46.1 Å². The van der Waals surface area contributed by atoms with Crippen molar-refractivity contribution < 1.29 is 14.6 Å². The fourth-order valence-electron chi connectivity index (χ4n) is 1.84. The van der Waals surface area contributed by atoms with E-state index in [1.165, 1.54) is 0 Å². The van der Waals surface area contributed by atoms with Crippen molar-refractivity contribution >= 4 is 5.97 Å². The highest BCUT2D eigenvalue weighted by molar-refractivity contribution is 5.71. The molecule has 1 aromatic carbocycles. The van der Waals surface area contributed by atoms with E-state index in [1.807, 2.05) is 51.1 Å². The van der Waals surface area contributed by atoms with Gasteiger partial charge >= 0.3 is 5.97 Å². The van der Waals surface area contributed by atoms with Gasteiger partial charge < -0.3 is 9.84 Å². The lowest BCUT2D eigenvalue weighted by Gasteiger charge is -2.25. The summed E-state index contributed by atoms with van der Waals surface area (Å²) in [6, 6.07) is 9.94. The maximum absolute atomic E-state index is 11.7. The zero-order chi connectivity index (χ0) is 14.5. The first-order chi connectivity index (χ1) is 8.68. The summed E-state index contributed by atoms with van der Waals surface area (Å²) in [7, 11) is 0. The van der Waals surface area contributed by atoms with Crippen molar-refractivity contribution in [2.24, 2.45) is 0 Å². The summed E-state index contributed by atoms with van der Waals surface area (Å²) in [4.78, 5) is 11.7. The van der Waals surface area contributed by atoms with Gasteiger partial charge in [-0.25, -0.2) is 0 Å². The average molecular weight is 264 g/mol. The molecule has 0 saturated heterocycles. The standard InChI is InChI=1S/C16H24O3/c1-15(2,3)19-14(17)12-16(4,18)11-10-13-8-6-5-7-9-13/h5-9,18H,10-12H2,1-4H3. The van der Waals surface area contributed by atoms with E-state index in [0.29, 0.717) is 6.42 Å². The van der Waals surface area contributed by atoms with Gasteiger partial charge in [0.05, 0.1) is 12.0 Å². The lowest BCUT2D eigenvalue weighted by Crippen LogP contribution is -2.33. The summed E-state index contributed by atoms with van der Waals surface area (Å²) in [5.74, 6) is -0.356. The van der Waals surface area contributed by atoms with Gasteiger partial charge in [0.2, 0.25) is 0 Å². The number of hydrogen-bond acceptors (Lipinski definition) is 3. The van der Waals surface area contributed by atoms with Crippen LogP contribution in [-0.4, -0.2) is 22.3 Å². The summed E-state index contributed by atoms with van der Waals surface area (Å²) < 4.78 is 5.23. The summed E-state index contributed by atoms with van der Waals surface area (Å²) >= 11 is 0. The molecule has 0 aromatic heterocycles. The highest BCUT2D eigenvalue weighted by atomic mass is 16.6. The molecular formula is C16H24O3. The van der Waals surface area contributed by atoms with Crippen molar-refractivity contribution in [3.8, 4) is 0 Å². The zero-order valence-corrected chi connectivity index (χ0v) is 12.3. The monoisotopic (exact) mass is 264 g/mol. The lowest BCUT2D eigenvalue weighted by molar-refractivity contribution is -0.159. The van der Waals surface area contributed by atoms with Crippen molar-refractivity contribution in [3.05, 3.63) is 35.9 Å². The molecule has 1 atom stereocenters. The van der Waals surface area contributed by atoms with E-state index in [4.69, 9.17) is 4.74 Å². The second-order valence-electron chi connectivity index (χ2n) is 6.25. The van der Waals surface area contributed by atoms with Crippen molar-refractivity contribution in [2.75, 3.05) is 0 Å². The van der Waals surface area contributed by atoms with Crippen LogP contribution in [-0.2, 0) is 16.0 Å². The Balaban J connectivity index is 2.45. The Morgan fingerprint density at radius 2 is 1.74 bits per heavy atom. The average Bonchev–Trinajstić information content (AvgIpc) is 2.24. The third-order valence-corrected chi connectivity index (χ3v) is 2.74. The summed E-state index contributed by atoms with van der Waals surface area (Å²) in [5.41, 5.74) is -0.378. The number of esters is 1. The van der Waals surface area contributed by atoms with Crippen LogP contribution in [0, 0.1) is 0 Å². The molecule has 3 nitrogen and oxygen atoms in total. The van der Waals surface area contributed by atoms with Crippen molar-refractivity contribution in [1.29, 1.82) is 0 Å². The normalized spacial score (nSPS) is 14.8. The van der Waals surface area contributed by atoms with Crippen LogP contribution >= 0.6 is 0 Å². The van der Waals surface area contributed by atoms with Crippen LogP contribution in [0.4, 0.5) is 0 Å². The molecular weight excluding hydrogens is 240 g/mol. The molecule has 1 rings (SSSR count). The first-order valence-corrected chi connectivity index (χ1v) is 6.66. The fourth-order valence-corrected chi connectivity index (χ4v) is 1.84. The van der Waals surface area contributed by atoms with E-state index in [2.05, 4.69) is 0 Å². The van der Waals surface area contributed by atoms with E-state index in [1.54, 1.807) is 6.92 Å². The largest absolute Gasteiger partial charge is 0.460 e. The minimum atomic E-state index is -1.03. The van der Waals surface area contributed by atoms with Crippen LogP contribution in [0.3, 0.4) is 0 Å². The number of aryl methyl sites for hydroxylation is 1. The molecule has 1 aromatic rings. The SMILES string of the molecule is CC(O)(CCc1ccccc1)CC(=O)OC(C)(C)C. The third-order valence-electron chi connectivity index (χ3n) is 2.74. The molecule has 0 fully saturated rings. The van der Waals surface area contributed by atoms with Gasteiger partial charge in [-0.3, -0.25) is 4.79 Å². The first kappa shape index (κ1) is 15.7. The minimum Gasteiger partial charge on any atom is -0.460 e. The molecule has 0 saturated carbocycles. The van der Waals surface area contributed by atoms with Gasteiger partial charge in [0.15, 0.2) is 0 Å². The molecule has 0 bridgehead atoms. The van der Waals surface area contributed by atoms with Gasteiger partial charge in [0, 0.05) is 0 Å². The van der Waals surface area contributed by atoms with Crippen LogP contribution in [0.2, 0.25) is 0 Å². The number of ether oxygens (including phenoxy) is 1. The molecule has 0 aliphatic heterocycles. The number of carbonyl (C=O) groups excluding carboxylic acids is 1. The molecule has 0 heterocycles. The van der Waals surface area contributed by atoms with Crippen molar-refractivity contribution in [2.45, 2.75) is 58.2 Å². The van der Waals surface area contributed by atoms with E-state index >= 15 is 0 Å². The maximum atomic E-state index is 11.7. The van der Waals surface area contributed by atoms with Crippen LogP contribution in [0.5, 0.6) is 0 Å². The molecule has 106 valence electrons. The fraction of sp³-hybridized carbons (Fsp3) is 0.562. The van der Waals surface area contributed by atoms with E-state index in [0.717, 1.165) is 12.0 Å². The quantitative estimate of drug-likeness (QED) is 0.831. The Morgan fingerprint density at radius 3 is 2.26 bits per heavy atom. The van der Waals surface area contributed by atoms with E-state index in [9.17, 15) is 9.90 Å². The summed E-state index contributed by atoms with van der Waals surface area (Å²) in [6.45, 7) is 7.15. The van der Waals surface area contributed by atoms with Crippen LogP contribution in [0.25, 0.3) is 0 Å². The predicted molar refractivity (Wildman–Crippen MR) is 75.8 cm³/mol. The highest BCUT2D eigenvalue weighted by Gasteiger charge is 2.27. The van der Waals surface area contributed by atoms with Gasteiger partial charge in [-0.2, -0.15) is 0 Å². The number of carbonyl (C=O) groups is 1. The molecule has 1 unspecified atom stereocenters. The zero-order valence-electron chi connectivity index (χ0n) is 12.3. The number of benzene rings is 1. The van der Waals surface area contributed by atoms with Crippen molar-refractivity contribution in [1.82, 2.24) is 0 Å². The second-order valence-corrected chi connectivity index (χ2v) is 6.25. The van der Waals surface area contributed by atoms with Gasteiger partial charge in [0.25, 0.3) is 0 Å². The molecule has 3 heteroatoms. The molecule has 19 heavy (non-hydrogen) atoms. The van der Waals surface area contributed by atoms with E-state index in [-0.39, 0.29) is 12.4 Å². The first-order valence-electron chi connectivity index (χ1n) is 6.66. The molecule has 0 spiro atoms. The second kappa shape index (κ2) is 6.20. The maximum Gasteiger partial charge on any atom is 0.309 e. The Hall–Kier alpha value is -1.35. The Morgan fingerprint density at radius 1 is 1.16 bits per heavy atom. The number of aliphatic hydroxyl groups is 1. The topological polar surface area (TPSA) is 46.5 Å². The highest BCUT2D eigenvalue weighted by Crippen LogP contribution is 2.20. The summed E-state index contributed by atoms with van der Waals surface area (Å²) in [6.07, 6.45) is 1.31. The lowest BCUT2D eigenvalue weighted by atomic mass is 9.93. The van der Waals surface area contributed by atoms with Gasteiger partial charge in [-0.05, 0) is 46.1 Å². The Bertz CT molecular complexity index is 402. The van der Waals surface area contributed by atoms with Crippen molar-refractivity contribution in [3.63, 3.8) is 0 Å². The number of rotatable bonds is 5. The van der Waals surface area contributed by atoms with Gasteiger partial charge in [-0.15, -0.1) is 0 Å². The minimum absolute atomic E-state index is 0.0249. The van der Waals surface area contributed by atoms with Crippen LogP contribution < -0.4 is 0 Å². The molecule has 0 aliphatic rings. The Labute approximate surface area is 115 Å². The predicted octanol–water partition coefficient (Wildman–Crippen LogP) is 3.10. The summed E-state index contributed by atoms with van der Waals surface area (Å²) in [5, 5.41) is 10.2. The Kier molecular flexibility index (Phi) is 5.12. The molecule has 1 N–H and O–H groups in total. The van der Waals surface area contributed by atoms with Gasteiger partial charge in [0.1, 0.15) is 5.60 Å². The molecule has 0 radical (unpaired) electrons. The molecule has 0 amide bonds. The number of hydrogen-bond donors (Lipinski definition) is 1. The van der Waals surface area contributed by atoms with Crippen LogP contribution in [0.15, 0.2) is 30.3 Å².